The van der Waals surface area contributed by atoms with Crippen LogP contribution in [0.3, 0.4) is 0 Å². The van der Waals surface area contributed by atoms with Gasteiger partial charge in [0.25, 0.3) is 0 Å². The summed E-state index contributed by atoms with van der Waals surface area (Å²) >= 11 is 0. The second-order valence-corrected chi connectivity index (χ2v) is 4.45. The van der Waals surface area contributed by atoms with Crippen molar-refractivity contribution in [2.24, 2.45) is 0 Å². The number of aromatic hydroxyl groups is 1. The highest BCUT2D eigenvalue weighted by atomic mass is 16.3. The second kappa shape index (κ2) is 4.61. The van der Waals surface area contributed by atoms with Crippen LogP contribution >= 0.6 is 0 Å². The number of aryl methyl sites for hydroxylation is 1. The number of aromatic nitrogens is 2. The minimum Gasteiger partial charge on any atom is -0.493 e. The standard InChI is InChI=1S/C16H14N2O/c1-12-7-5-6-10-15(12)18-16(19)11-14(17-18)13-8-3-2-4-9-13/h2-11,19H,1H3. The molecule has 3 aromatic rings. The van der Waals surface area contributed by atoms with Crippen LogP contribution in [0, 0.1) is 6.92 Å². The Kier molecular flexibility index (Phi) is 2.80. The van der Waals surface area contributed by atoms with Crippen LogP contribution in [0.15, 0.2) is 60.7 Å². The van der Waals surface area contributed by atoms with Gasteiger partial charge in [-0.15, -0.1) is 0 Å². The summed E-state index contributed by atoms with van der Waals surface area (Å²) in [5.74, 6) is 0.146. The van der Waals surface area contributed by atoms with Crippen LogP contribution in [0.25, 0.3) is 16.9 Å². The van der Waals surface area contributed by atoms with Crippen molar-refractivity contribution in [3.8, 4) is 22.8 Å². The lowest BCUT2D eigenvalue weighted by Crippen LogP contribution is -1.98. The molecule has 3 heteroatoms. The Bertz CT molecular complexity index is 702. The van der Waals surface area contributed by atoms with Crippen LogP contribution in [-0.4, -0.2) is 14.9 Å². The molecule has 2 aromatic carbocycles. The average molecular weight is 250 g/mol. The summed E-state index contributed by atoms with van der Waals surface area (Å²) in [6.07, 6.45) is 0. The fourth-order valence-electron chi connectivity index (χ4n) is 2.10. The monoisotopic (exact) mass is 250 g/mol. The van der Waals surface area contributed by atoms with E-state index in [9.17, 15) is 5.11 Å². The Morgan fingerprint density at radius 1 is 0.947 bits per heavy atom. The van der Waals surface area contributed by atoms with Crippen LogP contribution in [0.4, 0.5) is 0 Å². The number of para-hydroxylation sites is 1. The maximum Gasteiger partial charge on any atom is 0.214 e. The van der Waals surface area contributed by atoms with E-state index < -0.39 is 0 Å². The SMILES string of the molecule is Cc1ccccc1-n1nc(-c2ccccc2)cc1O. The molecule has 0 atom stereocenters. The summed E-state index contributed by atoms with van der Waals surface area (Å²) in [4.78, 5) is 0. The summed E-state index contributed by atoms with van der Waals surface area (Å²) in [5.41, 5.74) is 3.72. The molecule has 0 aliphatic rings. The normalized spacial score (nSPS) is 10.6. The third kappa shape index (κ3) is 2.10. The minimum absolute atomic E-state index is 0.146. The molecule has 0 unspecified atom stereocenters. The van der Waals surface area contributed by atoms with Crippen molar-refractivity contribution >= 4 is 0 Å². The van der Waals surface area contributed by atoms with E-state index >= 15 is 0 Å². The van der Waals surface area contributed by atoms with Gasteiger partial charge in [0.2, 0.25) is 5.88 Å². The van der Waals surface area contributed by atoms with E-state index in [0.717, 1.165) is 22.5 Å². The quantitative estimate of drug-likeness (QED) is 0.755. The molecule has 0 amide bonds. The second-order valence-electron chi connectivity index (χ2n) is 4.45. The molecular weight excluding hydrogens is 236 g/mol. The first-order valence-electron chi connectivity index (χ1n) is 6.16. The van der Waals surface area contributed by atoms with E-state index in [4.69, 9.17) is 0 Å². The molecule has 0 aliphatic carbocycles. The van der Waals surface area contributed by atoms with Crippen LogP contribution in [0.2, 0.25) is 0 Å². The van der Waals surface area contributed by atoms with Crippen molar-refractivity contribution in [3.63, 3.8) is 0 Å². The minimum atomic E-state index is 0.146. The number of hydrogen-bond donors (Lipinski definition) is 1. The fraction of sp³-hybridized carbons (Fsp3) is 0.0625. The molecule has 0 radical (unpaired) electrons. The van der Waals surface area contributed by atoms with Crippen molar-refractivity contribution in [1.29, 1.82) is 0 Å². The van der Waals surface area contributed by atoms with Crippen LogP contribution < -0.4 is 0 Å². The van der Waals surface area contributed by atoms with Crippen molar-refractivity contribution < 1.29 is 5.11 Å². The largest absolute Gasteiger partial charge is 0.493 e. The molecule has 0 spiro atoms. The van der Waals surface area contributed by atoms with Crippen molar-refractivity contribution in [1.82, 2.24) is 9.78 Å². The van der Waals surface area contributed by atoms with Gasteiger partial charge in [0.15, 0.2) is 0 Å². The smallest absolute Gasteiger partial charge is 0.214 e. The number of benzene rings is 2. The highest BCUT2D eigenvalue weighted by Crippen LogP contribution is 2.26. The van der Waals surface area contributed by atoms with Gasteiger partial charge in [-0.1, -0.05) is 48.5 Å². The lowest BCUT2D eigenvalue weighted by molar-refractivity contribution is 0.433. The zero-order chi connectivity index (χ0) is 13.2. The van der Waals surface area contributed by atoms with E-state index in [1.165, 1.54) is 0 Å². The topological polar surface area (TPSA) is 38.0 Å². The molecular formula is C16H14N2O. The average Bonchev–Trinajstić information content (AvgIpc) is 2.82. The molecule has 94 valence electrons. The zero-order valence-electron chi connectivity index (χ0n) is 10.6. The summed E-state index contributed by atoms with van der Waals surface area (Å²) in [6.45, 7) is 2.00. The summed E-state index contributed by atoms with van der Waals surface area (Å²) in [5, 5.41) is 14.5. The predicted octanol–water partition coefficient (Wildman–Crippen LogP) is 3.55. The third-order valence-corrected chi connectivity index (χ3v) is 3.10. The molecule has 0 saturated carbocycles. The maximum absolute atomic E-state index is 10.1. The predicted molar refractivity (Wildman–Crippen MR) is 75.4 cm³/mol. The fourth-order valence-corrected chi connectivity index (χ4v) is 2.10. The van der Waals surface area contributed by atoms with Crippen LogP contribution in [0.5, 0.6) is 5.88 Å². The highest BCUT2D eigenvalue weighted by molar-refractivity contribution is 5.61. The Morgan fingerprint density at radius 2 is 1.63 bits per heavy atom. The van der Waals surface area contributed by atoms with E-state index in [1.807, 2.05) is 61.5 Å². The van der Waals surface area contributed by atoms with E-state index in [-0.39, 0.29) is 5.88 Å². The Balaban J connectivity index is 2.11. The van der Waals surface area contributed by atoms with Crippen LogP contribution in [0.1, 0.15) is 5.56 Å². The van der Waals surface area contributed by atoms with Crippen molar-refractivity contribution in [3.05, 3.63) is 66.2 Å². The Labute approximate surface area is 111 Å². The van der Waals surface area contributed by atoms with Gasteiger partial charge in [0.1, 0.15) is 0 Å². The third-order valence-electron chi connectivity index (χ3n) is 3.10. The van der Waals surface area contributed by atoms with Crippen molar-refractivity contribution in [2.45, 2.75) is 6.92 Å². The summed E-state index contributed by atoms with van der Waals surface area (Å²) in [7, 11) is 0. The molecule has 19 heavy (non-hydrogen) atoms. The Morgan fingerprint density at radius 3 is 2.37 bits per heavy atom. The molecule has 3 rings (SSSR count). The molecule has 0 aliphatic heterocycles. The lowest BCUT2D eigenvalue weighted by Gasteiger charge is -2.06. The van der Waals surface area contributed by atoms with Gasteiger partial charge >= 0.3 is 0 Å². The molecule has 1 N–H and O–H groups in total. The first-order valence-corrected chi connectivity index (χ1v) is 6.16. The zero-order valence-corrected chi connectivity index (χ0v) is 10.6. The molecule has 1 aromatic heterocycles. The maximum atomic E-state index is 10.1. The van der Waals surface area contributed by atoms with Gasteiger partial charge in [-0.2, -0.15) is 5.10 Å². The van der Waals surface area contributed by atoms with Gasteiger partial charge in [-0.05, 0) is 18.6 Å². The lowest BCUT2D eigenvalue weighted by atomic mass is 10.2. The Hall–Kier alpha value is -2.55. The molecule has 1 heterocycles. The van der Waals surface area contributed by atoms with E-state index in [0.29, 0.717) is 0 Å². The van der Waals surface area contributed by atoms with Gasteiger partial charge in [-0.3, -0.25) is 0 Å². The summed E-state index contributed by atoms with van der Waals surface area (Å²) in [6, 6.07) is 19.4. The number of rotatable bonds is 2. The van der Waals surface area contributed by atoms with E-state index in [2.05, 4.69) is 5.10 Å². The van der Waals surface area contributed by atoms with E-state index in [1.54, 1.807) is 10.7 Å². The van der Waals surface area contributed by atoms with Gasteiger partial charge in [-0.25, -0.2) is 4.68 Å². The molecule has 3 nitrogen and oxygen atoms in total. The first-order chi connectivity index (χ1) is 9.25. The van der Waals surface area contributed by atoms with Crippen LogP contribution in [-0.2, 0) is 0 Å². The van der Waals surface area contributed by atoms with Gasteiger partial charge in [0, 0.05) is 11.6 Å². The van der Waals surface area contributed by atoms with Gasteiger partial charge < -0.3 is 5.11 Å². The molecule has 0 fully saturated rings. The highest BCUT2D eigenvalue weighted by Gasteiger charge is 2.11. The summed E-state index contributed by atoms with van der Waals surface area (Å²) < 4.78 is 1.57. The van der Waals surface area contributed by atoms with Crippen molar-refractivity contribution in [2.75, 3.05) is 0 Å². The van der Waals surface area contributed by atoms with Gasteiger partial charge in [0.05, 0.1) is 11.4 Å². The molecule has 0 bridgehead atoms. The first kappa shape index (κ1) is 11.5. The number of nitrogens with zero attached hydrogens (tertiary/aromatic N) is 2. The number of hydrogen-bond acceptors (Lipinski definition) is 2. The molecule has 0 saturated heterocycles.